The summed E-state index contributed by atoms with van der Waals surface area (Å²) in [6.07, 6.45) is 0. The highest BCUT2D eigenvalue weighted by Gasteiger charge is 2.48. The molecule has 0 bridgehead atoms. The number of hydrogen-bond donors (Lipinski definition) is 0. The van der Waals surface area contributed by atoms with Crippen LogP contribution < -0.4 is 15.8 Å². The van der Waals surface area contributed by atoms with E-state index in [-0.39, 0.29) is 0 Å². The smallest absolute Gasteiger partial charge is 0.577 e. The van der Waals surface area contributed by atoms with Gasteiger partial charge in [-0.25, -0.2) is 0 Å². The summed E-state index contributed by atoms with van der Waals surface area (Å²) in [7, 11) is -1.99. The van der Waals surface area contributed by atoms with Gasteiger partial charge in [0.25, 0.3) is 0 Å². The van der Waals surface area contributed by atoms with E-state index >= 15 is 0 Å². The molecule has 6 heteroatoms. The van der Waals surface area contributed by atoms with Crippen LogP contribution in [0.5, 0.6) is 23.0 Å². The minimum absolute atomic E-state index is 0.707. The van der Waals surface area contributed by atoms with Crippen molar-refractivity contribution < 1.29 is 15.8 Å². The average molecular weight is 669 g/mol. The molecule has 0 unspecified atom stereocenters. The van der Waals surface area contributed by atoms with Gasteiger partial charge in [0, 0.05) is 22.3 Å². The highest BCUT2D eigenvalue weighted by Crippen LogP contribution is 2.49. The molecule has 0 atom stereocenters. The molecule has 0 saturated carbocycles. The molecule has 0 N–H and O–H groups in total. The molecule has 9 rings (SSSR count). The van der Waals surface area contributed by atoms with E-state index < -0.39 is 23.5 Å². The number of rotatable bonds is 5. The maximum atomic E-state index is 7.05. The largest absolute Gasteiger partial charge is 1.20 e. The van der Waals surface area contributed by atoms with Gasteiger partial charge in [0.2, 0.25) is 8.32 Å². The SMILES string of the molecule is C[Si](C)(C)Oc1ccc2ccccc2c1-c1c([O][Al]2[O]c3ccc4ccccc4c3-c3c(ccc4ccccc34)[O]2)ccc2ccccc12. The summed E-state index contributed by atoms with van der Waals surface area (Å²) in [4.78, 5) is 0. The van der Waals surface area contributed by atoms with Crippen molar-refractivity contribution in [2.75, 3.05) is 0 Å². The number of fused-ring (bicyclic) bond motifs is 9. The maximum Gasteiger partial charge on any atom is 1.20 e. The molecule has 8 aromatic carbocycles. The van der Waals surface area contributed by atoms with Gasteiger partial charge in [0.05, 0.1) is 17.2 Å². The predicted molar refractivity (Wildman–Crippen MR) is 205 cm³/mol. The minimum Gasteiger partial charge on any atom is -0.577 e. The van der Waals surface area contributed by atoms with Crippen molar-refractivity contribution in [3.63, 3.8) is 0 Å². The van der Waals surface area contributed by atoms with Crippen LogP contribution >= 0.6 is 0 Å². The monoisotopic (exact) mass is 668 g/mol. The summed E-state index contributed by atoms with van der Waals surface area (Å²) in [5.41, 5.74) is 4.06. The Bertz CT molecular complexity index is 2490. The molecular weight excluding hydrogens is 636 g/mol. The maximum absolute atomic E-state index is 7.05. The lowest BCUT2D eigenvalue weighted by molar-refractivity contribution is 0.313. The zero-order chi connectivity index (χ0) is 33.1. The van der Waals surface area contributed by atoms with Crippen molar-refractivity contribution in [2.24, 2.45) is 0 Å². The van der Waals surface area contributed by atoms with E-state index in [4.69, 9.17) is 15.8 Å². The third kappa shape index (κ3) is 5.30. The molecule has 1 aliphatic rings. The fraction of sp³-hybridized carbons (Fsp3) is 0.0698. The van der Waals surface area contributed by atoms with E-state index in [0.29, 0.717) is 5.75 Å². The Kier molecular flexibility index (Phi) is 7.14. The van der Waals surface area contributed by atoms with Crippen molar-refractivity contribution >= 4 is 66.6 Å². The molecular formula is C43H33AlO4Si. The van der Waals surface area contributed by atoms with E-state index in [1.165, 1.54) is 0 Å². The molecule has 1 heterocycles. The van der Waals surface area contributed by atoms with Crippen LogP contribution in [-0.2, 0) is 0 Å². The zero-order valence-corrected chi connectivity index (χ0v) is 29.7. The third-order valence-corrected chi connectivity index (χ3v) is 11.3. The van der Waals surface area contributed by atoms with Gasteiger partial charge in [0.15, 0.2) is 0 Å². The summed E-state index contributed by atoms with van der Waals surface area (Å²) in [6, 6.07) is 50.7. The van der Waals surface area contributed by atoms with Crippen molar-refractivity contribution in [1.82, 2.24) is 0 Å². The Labute approximate surface area is 291 Å². The lowest BCUT2D eigenvalue weighted by Crippen LogP contribution is -2.36. The topological polar surface area (TPSA) is 36.9 Å². The normalized spacial score (nSPS) is 12.7. The first kappa shape index (κ1) is 29.9. The Hall–Kier alpha value is -5.25. The molecule has 49 heavy (non-hydrogen) atoms. The van der Waals surface area contributed by atoms with Crippen LogP contribution in [0.2, 0.25) is 19.6 Å². The summed E-state index contributed by atoms with van der Waals surface area (Å²) in [6.45, 7) is 6.65. The zero-order valence-electron chi connectivity index (χ0n) is 27.6. The van der Waals surface area contributed by atoms with Gasteiger partial charge in [0.1, 0.15) is 5.75 Å². The molecule has 0 radical (unpaired) electrons. The van der Waals surface area contributed by atoms with E-state index in [9.17, 15) is 0 Å². The second kappa shape index (κ2) is 11.7. The molecule has 236 valence electrons. The molecule has 0 aromatic heterocycles. The van der Waals surface area contributed by atoms with Crippen molar-refractivity contribution in [1.29, 1.82) is 0 Å². The van der Waals surface area contributed by atoms with Crippen LogP contribution in [0.1, 0.15) is 0 Å². The van der Waals surface area contributed by atoms with Crippen LogP contribution in [0.15, 0.2) is 146 Å². The van der Waals surface area contributed by atoms with Crippen molar-refractivity contribution in [2.45, 2.75) is 19.6 Å². The van der Waals surface area contributed by atoms with Crippen molar-refractivity contribution in [3.05, 3.63) is 146 Å². The fourth-order valence-electron chi connectivity index (χ4n) is 7.13. The third-order valence-electron chi connectivity index (χ3n) is 9.15. The summed E-state index contributed by atoms with van der Waals surface area (Å²) in [5.74, 6) is 3.09. The summed E-state index contributed by atoms with van der Waals surface area (Å²) >= 11 is -2.92. The molecule has 0 spiro atoms. The molecule has 8 aromatic rings. The van der Waals surface area contributed by atoms with Crippen LogP contribution in [0.3, 0.4) is 0 Å². The van der Waals surface area contributed by atoms with Gasteiger partial charge in [-0.1, -0.05) is 121 Å². The molecule has 4 nitrogen and oxygen atoms in total. The summed E-state index contributed by atoms with van der Waals surface area (Å²) in [5, 5.41) is 8.97. The van der Waals surface area contributed by atoms with Crippen LogP contribution in [0.25, 0.3) is 65.3 Å². The van der Waals surface area contributed by atoms with Crippen molar-refractivity contribution in [3.8, 4) is 45.3 Å². The highest BCUT2D eigenvalue weighted by molar-refractivity contribution is 6.70. The first-order valence-corrected chi connectivity index (χ1v) is 21.5. The Balaban J connectivity index is 1.26. The molecule has 0 aliphatic carbocycles. The average Bonchev–Trinajstić information content (AvgIpc) is 3.28. The second-order valence-electron chi connectivity index (χ2n) is 13.5. The van der Waals surface area contributed by atoms with E-state index in [1.807, 2.05) is 0 Å². The van der Waals surface area contributed by atoms with Crippen LogP contribution in [0, 0.1) is 0 Å². The van der Waals surface area contributed by atoms with Crippen LogP contribution in [-0.4, -0.2) is 23.5 Å². The highest BCUT2D eigenvalue weighted by atomic mass is 28.4. The van der Waals surface area contributed by atoms with E-state index in [1.54, 1.807) is 0 Å². The second-order valence-corrected chi connectivity index (χ2v) is 19.2. The fourth-order valence-corrected chi connectivity index (χ4v) is 9.32. The van der Waals surface area contributed by atoms with Gasteiger partial charge in [-0.05, 0) is 87.0 Å². The Morgan fingerprint density at radius 3 is 1.22 bits per heavy atom. The van der Waals surface area contributed by atoms with Gasteiger partial charge in [-0.15, -0.1) is 0 Å². The van der Waals surface area contributed by atoms with E-state index in [2.05, 4.69) is 165 Å². The standard InChI is InChI=1S/C23H22O2Si.C20H14O2.Al/c1-26(2,3)25-21-15-13-17-9-5-7-11-19(17)23(21)22-18-10-6-4-8-16(18)12-14-20(22)24;21-17-11-9-13-5-1-3-7-15(13)19(17)20-16-8-4-2-6-14(16)10-12-18(20)22;/h4-15,24H,1-3H3;1-12,21-22H;/q;;+3/p-3. The lowest BCUT2D eigenvalue weighted by atomic mass is 9.92. The Morgan fingerprint density at radius 1 is 0.408 bits per heavy atom. The first-order valence-electron chi connectivity index (χ1n) is 16.7. The minimum atomic E-state index is -2.92. The quantitative estimate of drug-likeness (QED) is 0.171. The lowest BCUT2D eigenvalue weighted by Gasteiger charge is -2.25. The van der Waals surface area contributed by atoms with Gasteiger partial charge >= 0.3 is 15.1 Å². The molecule has 0 saturated heterocycles. The number of hydrogen-bond acceptors (Lipinski definition) is 4. The summed E-state index contributed by atoms with van der Waals surface area (Å²) < 4.78 is 27.6. The predicted octanol–water partition coefficient (Wildman–Crippen LogP) is 11.7. The van der Waals surface area contributed by atoms with Crippen LogP contribution in [0.4, 0.5) is 0 Å². The van der Waals surface area contributed by atoms with E-state index in [0.717, 1.165) is 82.6 Å². The van der Waals surface area contributed by atoms with Gasteiger partial charge in [-0.3, -0.25) is 0 Å². The Morgan fingerprint density at radius 2 is 0.776 bits per heavy atom. The van der Waals surface area contributed by atoms with Gasteiger partial charge in [-0.2, -0.15) is 0 Å². The molecule has 0 amide bonds. The molecule has 0 fully saturated rings. The van der Waals surface area contributed by atoms with Gasteiger partial charge < -0.3 is 15.8 Å². The molecule has 1 aliphatic heterocycles. The number of benzene rings is 8. The first-order chi connectivity index (χ1) is 23.9.